The second-order valence-corrected chi connectivity index (χ2v) is 5.72. The van der Waals surface area contributed by atoms with Gasteiger partial charge in [0.1, 0.15) is 6.29 Å². The molecular formula is C13H19NO. The lowest BCUT2D eigenvalue weighted by atomic mass is 9.80. The van der Waals surface area contributed by atoms with Crippen LogP contribution in [0.1, 0.15) is 49.7 Å². The van der Waals surface area contributed by atoms with Crippen molar-refractivity contribution in [1.82, 2.24) is 4.98 Å². The van der Waals surface area contributed by atoms with E-state index in [0.29, 0.717) is 0 Å². The number of aryl methyl sites for hydroxylation is 2. The Hall–Kier alpha value is -1.05. The van der Waals surface area contributed by atoms with E-state index in [1.807, 2.05) is 6.92 Å². The van der Waals surface area contributed by atoms with Crippen molar-refractivity contribution in [2.24, 2.45) is 0 Å². The molecule has 0 bridgehead atoms. The first-order valence-electron chi connectivity index (χ1n) is 5.48. The van der Waals surface area contributed by atoms with Gasteiger partial charge in [0.2, 0.25) is 0 Å². The van der Waals surface area contributed by atoms with Gasteiger partial charge >= 0.3 is 0 Å². The number of aromatic nitrogens is 1. The Labute approximate surface area is 91.1 Å². The molecule has 1 unspecified atom stereocenters. The molecule has 1 atom stereocenters. The molecule has 0 saturated carbocycles. The maximum atomic E-state index is 11.3. The zero-order valence-corrected chi connectivity index (χ0v) is 10.2. The minimum Gasteiger partial charge on any atom is -0.362 e. The van der Waals surface area contributed by atoms with Crippen molar-refractivity contribution < 1.29 is 4.79 Å². The first kappa shape index (κ1) is 10.5. The number of hydrogen-bond donors (Lipinski definition) is 1. The van der Waals surface area contributed by atoms with Crippen molar-refractivity contribution in [3.63, 3.8) is 0 Å². The van der Waals surface area contributed by atoms with Crippen LogP contribution in [0.5, 0.6) is 0 Å². The Morgan fingerprint density at radius 3 is 2.20 bits per heavy atom. The van der Waals surface area contributed by atoms with Crippen LogP contribution in [0.2, 0.25) is 0 Å². The van der Waals surface area contributed by atoms with E-state index in [9.17, 15) is 4.79 Å². The van der Waals surface area contributed by atoms with Crippen LogP contribution in [-0.2, 0) is 15.6 Å². The fourth-order valence-corrected chi connectivity index (χ4v) is 3.54. The number of nitrogens with one attached hydrogen (secondary N) is 1. The maximum Gasteiger partial charge on any atom is 0.130 e. The molecule has 82 valence electrons. The average Bonchev–Trinajstić information content (AvgIpc) is 2.51. The van der Waals surface area contributed by atoms with E-state index in [1.165, 1.54) is 16.8 Å². The summed E-state index contributed by atoms with van der Waals surface area (Å²) in [6, 6.07) is 0. The molecule has 0 saturated heterocycles. The van der Waals surface area contributed by atoms with Crippen molar-refractivity contribution in [2.45, 2.75) is 51.9 Å². The number of carbonyl (C=O) groups is 1. The highest BCUT2D eigenvalue weighted by Gasteiger charge is 2.47. The molecule has 1 aliphatic rings. The molecule has 0 aliphatic heterocycles. The molecular weight excluding hydrogens is 186 g/mol. The van der Waals surface area contributed by atoms with E-state index >= 15 is 0 Å². The molecule has 2 rings (SSSR count). The zero-order chi connectivity index (χ0) is 11.4. The summed E-state index contributed by atoms with van der Waals surface area (Å²) in [4.78, 5) is 14.7. The summed E-state index contributed by atoms with van der Waals surface area (Å²) < 4.78 is 0. The van der Waals surface area contributed by atoms with Gasteiger partial charge < -0.3 is 9.78 Å². The van der Waals surface area contributed by atoms with Crippen LogP contribution in [0.3, 0.4) is 0 Å². The number of aromatic amines is 1. The topological polar surface area (TPSA) is 32.9 Å². The molecule has 2 nitrogen and oxygen atoms in total. The molecule has 0 spiro atoms. The Morgan fingerprint density at radius 2 is 1.67 bits per heavy atom. The van der Waals surface area contributed by atoms with Gasteiger partial charge in [-0.25, -0.2) is 0 Å². The van der Waals surface area contributed by atoms with Crippen LogP contribution in [0.4, 0.5) is 0 Å². The van der Waals surface area contributed by atoms with E-state index in [0.717, 1.165) is 18.4 Å². The molecule has 1 aromatic heterocycles. The monoisotopic (exact) mass is 205 g/mol. The Balaban J connectivity index is 2.76. The van der Waals surface area contributed by atoms with Gasteiger partial charge in [-0.1, -0.05) is 13.8 Å². The predicted molar refractivity (Wildman–Crippen MR) is 61.3 cm³/mol. The van der Waals surface area contributed by atoms with Gasteiger partial charge in [0.15, 0.2) is 0 Å². The molecule has 0 radical (unpaired) electrons. The number of H-pyrrole nitrogens is 1. The minimum atomic E-state index is -0.298. The van der Waals surface area contributed by atoms with E-state index in [2.05, 4.69) is 32.7 Å². The van der Waals surface area contributed by atoms with Crippen LogP contribution >= 0.6 is 0 Å². The number of hydrogen-bond acceptors (Lipinski definition) is 1. The lowest BCUT2D eigenvalue weighted by molar-refractivity contribution is -0.112. The molecule has 1 aliphatic carbocycles. The highest BCUT2D eigenvalue weighted by atomic mass is 16.1. The third-order valence-electron chi connectivity index (χ3n) is 3.69. The molecule has 0 aromatic carbocycles. The van der Waals surface area contributed by atoms with Crippen LogP contribution in [-0.4, -0.2) is 11.3 Å². The number of aldehydes is 1. The first-order chi connectivity index (χ1) is 6.82. The average molecular weight is 205 g/mol. The van der Waals surface area contributed by atoms with Gasteiger partial charge in [0.05, 0.1) is 5.41 Å². The summed E-state index contributed by atoms with van der Waals surface area (Å²) in [7, 11) is 0. The molecule has 1 N–H and O–H groups in total. The van der Waals surface area contributed by atoms with E-state index in [1.54, 1.807) is 0 Å². The van der Waals surface area contributed by atoms with E-state index in [4.69, 9.17) is 0 Å². The quantitative estimate of drug-likeness (QED) is 0.703. The Morgan fingerprint density at radius 1 is 1.13 bits per heavy atom. The van der Waals surface area contributed by atoms with Crippen molar-refractivity contribution in [2.75, 3.05) is 0 Å². The lowest BCUT2D eigenvalue weighted by Crippen LogP contribution is -2.24. The Kier molecular flexibility index (Phi) is 1.92. The second kappa shape index (κ2) is 2.75. The standard InChI is InChI=1S/C13H19NO/c1-8-10-11(9(2)14-8)13(5,7-15)6-12(10,3)4/h7,14H,6H2,1-5H3. The highest BCUT2D eigenvalue weighted by molar-refractivity contribution is 5.74. The summed E-state index contributed by atoms with van der Waals surface area (Å²) in [6.45, 7) is 10.7. The first-order valence-corrected chi connectivity index (χ1v) is 5.48. The molecule has 2 heteroatoms. The lowest BCUT2D eigenvalue weighted by Gasteiger charge is -2.23. The van der Waals surface area contributed by atoms with E-state index in [-0.39, 0.29) is 10.8 Å². The molecule has 0 amide bonds. The molecule has 1 heterocycles. The van der Waals surface area contributed by atoms with Gasteiger partial charge in [-0.15, -0.1) is 0 Å². The normalized spacial score (nSPS) is 27.8. The molecule has 0 fully saturated rings. The maximum absolute atomic E-state index is 11.3. The van der Waals surface area contributed by atoms with Gasteiger partial charge in [-0.3, -0.25) is 0 Å². The van der Waals surface area contributed by atoms with Crippen LogP contribution in [0.25, 0.3) is 0 Å². The SMILES string of the molecule is Cc1[nH]c(C)c2c1C(C)(C)CC2(C)C=O. The zero-order valence-electron chi connectivity index (χ0n) is 10.2. The summed E-state index contributed by atoms with van der Waals surface area (Å²) in [5.74, 6) is 0. The van der Waals surface area contributed by atoms with Gasteiger partial charge in [0.25, 0.3) is 0 Å². The third kappa shape index (κ3) is 1.20. The van der Waals surface area contributed by atoms with Crippen LogP contribution < -0.4 is 0 Å². The molecule has 15 heavy (non-hydrogen) atoms. The van der Waals surface area contributed by atoms with Gasteiger partial charge in [0, 0.05) is 11.4 Å². The second-order valence-electron chi connectivity index (χ2n) is 5.72. The number of carbonyl (C=O) groups excluding carboxylic acids is 1. The van der Waals surface area contributed by atoms with Crippen molar-refractivity contribution >= 4 is 6.29 Å². The summed E-state index contributed by atoms with van der Waals surface area (Å²) >= 11 is 0. The van der Waals surface area contributed by atoms with Gasteiger partial charge in [-0.05, 0) is 43.7 Å². The summed E-state index contributed by atoms with van der Waals surface area (Å²) in [5, 5.41) is 0. The molecule has 1 aromatic rings. The van der Waals surface area contributed by atoms with E-state index < -0.39 is 0 Å². The summed E-state index contributed by atoms with van der Waals surface area (Å²) in [5.41, 5.74) is 4.78. The van der Waals surface area contributed by atoms with Crippen molar-refractivity contribution in [1.29, 1.82) is 0 Å². The summed E-state index contributed by atoms with van der Waals surface area (Å²) in [6.07, 6.45) is 2.03. The minimum absolute atomic E-state index is 0.111. The fraction of sp³-hybridized carbons (Fsp3) is 0.615. The third-order valence-corrected chi connectivity index (χ3v) is 3.69. The highest BCUT2D eigenvalue weighted by Crippen LogP contribution is 2.51. The Bertz CT molecular complexity index is 428. The van der Waals surface area contributed by atoms with Crippen LogP contribution in [0, 0.1) is 13.8 Å². The smallest absolute Gasteiger partial charge is 0.130 e. The van der Waals surface area contributed by atoms with Crippen molar-refractivity contribution in [3.05, 3.63) is 22.5 Å². The number of fused-ring (bicyclic) bond motifs is 1. The van der Waals surface area contributed by atoms with Crippen LogP contribution in [0.15, 0.2) is 0 Å². The number of rotatable bonds is 1. The van der Waals surface area contributed by atoms with Gasteiger partial charge in [-0.2, -0.15) is 0 Å². The van der Waals surface area contributed by atoms with Crippen molar-refractivity contribution in [3.8, 4) is 0 Å². The fourth-order valence-electron chi connectivity index (χ4n) is 3.54. The largest absolute Gasteiger partial charge is 0.362 e. The predicted octanol–water partition coefficient (Wildman–Crippen LogP) is 2.77.